The molecule has 8 nitrogen and oxygen atoms in total. The summed E-state index contributed by atoms with van der Waals surface area (Å²) in [5.41, 5.74) is 0. The molecular formula is C50H92NO7P. The minimum Gasteiger partial charge on any atom is -0.756 e. The van der Waals surface area contributed by atoms with E-state index in [1.54, 1.807) is 0 Å². The lowest BCUT2D eigenvalue weighted by Crippen LogP contribution is -2.37. The molecule has 2 atom stereocenters. The topological polar surface area (TPSA) is 94.1 Å². The van der Waals surface area contributed by atoms with Crippen molar-refractivity contribution in [2.45, 2.75) is 200 Å². The number of ether oxygens (including phenoxy) is 2. The van der Waals surface area contributed by atoms with Crippen LogP contribution in [0.2, 0.25) is 0 Å². The Hall–Kier alpha value is -1.80. The molecule has 0 spiro atoms. The fraction of sp³-hybridized carbons (Fsp3) is 0.780. The van der Waals surface area contributed by atoms with Crippen LogP contribution in [0, 0.1) is 0 Å². The van der Waals surface area contributed by atoms with Crippen molar-refractivity contribution in [2.24, 2.45) is 0 Å². The van der Waals surface area contributed by atoms with E-state index in [1.165, 1.54) is 109 Å². The molecule has 0 aliphatic rings. The number of rotatable bonds is 44. The summed E-state index contributed by atoms with van der Waals surface area (Å²) < 4.78 is 34.7. The van der Waals surface area contributed by atoms with Gasteiger partial charge in [-0.05, 0) is 77.0 Å². The molecule has 0 rings (SSSR count). The molecule has 0 radical (unpaired) electrons. The highest BCUT2D eigenvalue weighted by Crippen LogP contribution is 2.38. The summed E-state index contributed by atoms with van der Waals surface area (Å²) in [6.45, 7) is 5.26. The molecular weight excluding hydrogens is 758 g/mol. The minimum atomic E-state index is -4.53. The Morgan fingerprint density at radius 1 is 0.542 bits per heavy atom. The summed E-state index contributed by atoms with van der Waals surface area (Å²) in [5.74, 6) is -0.342. The van der Waals surface area contributed by atoms with Crippen LogP contribution in [-0.4, -0.2) is 70.7 Å². The lowest BCUT2D eigenvalue weighted by Gasteiger charge is -2.28. The molecule has 0 saturated carbocycles. The molecule has 0 aromatic carbocycles. The van der Waals surface area contributed by atoms with Crippen LogP contribution in [0.3, 0.4) is 0 Å². The third-order valence-corrected chi connectivity index (χ3v) is 11.0. The third-order valence-electron chi connectivity index (χ3n) is 10.1. The van der Waals surface area contributed by atoms with Gasteiger partial charge in [-0.15, -0.1) is 0 Å². The smallest absolute Gasteiger partial charge is 0.306 e. The standard InChI is InChI=1S/C50H92NO7P/c1-6-8-10-12-14-16-18-20-22-24-26-27-29-31-33-35-37-39-41-43-50(52)58-49(48-57-59(53,54)56-46-44-51(3,4)5)47-55-45-42-40-38-36-34-32-30-28-25-23-21-19-17-15-13-11-9-7-2/h9,11,14-17,20-23,49H,6-8,10,12-13,18-19,24-48H2,1-5H3/b11-9-,16-14-,17-15-,22-20-,23-21-. The van der Waals surface area contributed by atoms with E-state index in [0.717, 1.165) is 64.2 Å². The van der Waals surface area contributed by atoms with Gasteiger partial charge < -0.3 is 27.9 Å². The molecule has 344 valence electrons. The van der Waals surface area contributed by atoms with Crippen molar-refractivity contribution in [1.82, 2.24) is 0 Å². The van der Waals surface area contributed by atoms with Gasteiger partial charge in [0.1, 0.15) is 19.3 Å². The summed E-state index contributed by atoms with van der Waals surface area (Å²) in [4.78, 5) is 25.1. The van der Waals surface area contributed by atoms with Gasteiger partial charge in [0.2, 0.25) is 0 Å². The van der Waals surface area contributed by atoms with E-state index in [4.69, 9.17) is 18.5 Å². The number of carbonyl (C=O) groups is 1. The molecule has 0 N–H and O–H groups in total. The quantitative estimate of drug-likeness (QED) is 0.0198. The van der Waals surface area contributed by atoms with E-state index in [0.29, 0.717) is 24.1 Å². The van der Waals surface area contributed by atoms with E-state index < -0.39 is 13.9 Å². The number of carbonyl (C=O) groups excluding carboxylic acids is 1. The molecule has 0 aromatic rings. The number of quaternary nitrogens is 1. The van der Waals surface area contributed by atoms with Crippen LogP contribution in [0.15, 0.2) is 60.8 Å². The Morgan fingerprint density at radius 3 is 1.47 bits per heavy atom. The number of esters is 1. The molecule has 0 saturated heterocycles. The van der Waals surface area contributed by atoms with Crippen LogP contribution in [-0.2, 0) is 27.9 Å². The number of nitrogens with zero attached hydrogens (tertiary/aromatic N) is 1. The number of likely N-dealkylation sites (N-methyl/N-ethyl adjacent to an activating group) is 1. The number of phosphoric ester groups is 1. The lowest BCUT2D eigenvalue weighted by molar-refractivity contribution is -0.870. The third kappa shape index (κ3) is 47.1. The van der Waals surface area contributed by atoms with Crippen molar-refractivity contribution >= 4 is 13.8 Å². The molecule has 9 heteroatoms. The van der Waals surface area contributed by atoms with E-state index in [-0.39, 0.29) is 25.8 Å². The molecule has 0 amide bonds. The second kappa shape index (κ2) is 42.9. The minimum absolute atomic E-state index is 0.0214. The number of unbranched alkanes of at least 4 members (excludes halogenated alkanes) is 20. The van der Waals surface area contributed by atoms with Crippen molar-refractivity contribution in [3.63, 3.8) is 0 Å². The van der Waals surface area contributed by atoms with Gasteiger partial charge in [-0.1, -0.05) is 171 Å². The number of hydrogen-bond donors (Lipinski definition) is 0. The van der Waals surface area contributed by atoms with Crippen molar-refractivity contribution in [2.75, 3.05) is 54.1 Å². The zero-order chi connectivity index (χ0) is 43.4. The fourth-order valence-corrected chi connectivity index (χ4v) is 7.08. The normalized spacial score (nSPS) is 14.2. The molecule has 0 aromatic heterocycles. The molecule has 0 aliphatic carbocycles. The zero-order valence-corrected chi connectivity index (χ0v) is 39.8. The monoisotopic (exact) mass is 850 g/mol. The summed E-state index contributed by atoms with van der Waals surface area (Å²) in [6.07, 6.45) is 53.7. The highest BCUT2D eigenvalue weighted by atomic mass is 31.2. The van der Waals surface area contributed by atoms with E-state index in [1.807, 2.05) is 21.1 Å². The van der Waals surface area contributed by atoms with Gasteiger partial charge in [-0.2, -0.15) is 0 Å². The Bertz CT molecular complexity index is 1130. The number of allylic oxidation sites excluding steroid dienone is 10. The Kier molecular flexibility index (Phi) is 41.6. The van der Waals surface area contributed by atoms with Gasteiger partial charge in [0.15, 0.2) is 0 Å². The maximum atomic E-state index is 12.7. The van der Waals surface area contributed by atoms with Crippen molar-refractivity contribution in [3.8, 4) is 0 Å². The number of phosphoric acid groups is 1. The first-order valence-electron chi connectivity index (χ1n) is 24.0. The van der Waals surface area contributed by atoms with Crippen molar-refractivity contribution in [1.29, 1.82) is 0 Å². The predicted octanol–water partition coefficient (Wildman–Crippen LogP) is 13.9. The van der Waals surface area contributed by atoms with Crippen LogP contribution in [0.1, 0.15) is 194 Å². The van der Waals surface area contributed by atoms with Gasteiger partial charge in [0, 0.05) is 13.0 Å². The molecule has 0 bridgehead atoms. The van der Waals surface area contributed by atoms with Gasteiger partial charge in [0.25, 0.3) is 7.82 Å². The van der Waals surface area contributed by atoms with Gasteiger partial charge in [-0.3, -0.25) is 9.36 Å². The molecule has 2 unspecified atom stereocenters. The van der Waals surface area contributed by atoms with Crippen LogP contribution < -0.4 is 4.89 Å². The van der Waals surface area contributed by atoms with Gasteiger partial charge in [0.05, 0.1) is 34.4 Å². The lowest BCUT2D eigenvalue weighted by atomic mass is 10.1. The Labute approximate surface area is 364 Å². The second-order valence-electron chi connectivity index (χ2n) is 17.1. The van der Waals surface area contributed by atoms with Crippen LogP contribution >= 0.6 is 7.82 Å². The summed E-state index contributed by atoms with van der Waals surface area (Å²) in [5, 5.41) is 0. The van der Waals surface area contributed by atoms with Crippen LogP contribution in [0.5, 0.6) is 0 Å². The van der Waals surface area contributed by atoms with Gasteiger partial charge >= 0.3 is 5.97 Å². The maximum absolute atomic E-state index is 12.7. The molecule has 0 fully saturated rings. The summed E-state index contributed by atoms with van der Waals surface area (Å²) in [6, 6.07) is 0. The molecule has 0 aliphatic heterocycles. The first-order valence-corrected chi connectivity index (χ1v) is 25.5. The van der Waals surface area contributed by atoms with E-state index in [2.05, 4.69) is 74.6 Å². The summed E-state index contributed by atoms with van der Waals surface area (Å²) in [7, 11) is 1.34. The predicted molar refractivity (Wildman–Crippen MR) is 249 cm³/mol. The van der Waals surface area contributed by atoms with Crippen LogP contribution in [0.4, 0.5) is 0 Å². The largest absolute Gasteiger partial charge is 0.756 e. The average molecular weight is 850 g/mol. The van der Waals surface area contributed by atoms with E-state index in [9.17, 15) is 14.3 Å². The Morgan fingerprint density at radius 2 is 0.983 bits per heavy atom. The molecule has 0 heterocycles. The SMILES string of the molecule is CC/C=C\C/C=C\C/C=C\CCCCCCCCCCOCC(COP(=O)([O-])OCC[N+](C)(C)C)OC(=O)CCCCCCCCCCC/C=C\C/C=C\CCCCC. The van der Waals surface area contributed by atoms with E-state index >= 15 is 0 Å². The first kappa shape index (κ1) is 57.2. The number of hydrogen-bond acceptors (Lipinski definition) is 7. The molecule has 59 heavy (non-hydrogen) atoms. The van der Waals surface area contributed by atoms with Crippen molar-refractivity contribution in [3.05, 3.63) is 60.8 Å². The maximum Gasteiger partial charge on any atom is 0.306 e. The first-order chi connectivity index (χ1) is 28.6. The second-order valence-corrected chi connectivity index (χ2v) is 18.5. The summed E-state index contributed by atoms with van der Waals surface area (Å²) >= 11 is 0. The fourth-order valence-electron chi connectivity index (χ4n) is 6.36. The highest BCUT2D eigenvalue weighted by Gasteiger charge is 2.20. The highest BCUT2D eigenvalue weighted by molar-refractivity contribution is 7.45. The van der Waals surface area contributed by atoms with Gasteiger partial charge in [-0.25, -0.2) is 0 Å². The van der Waals surface area contributed by atoms with Crippen molar-refractivity contribution < 1.29 is 37.3 Å². The zero-order valence-electron chi connectivity index (χ0n) is 38.9. The Balaban J connectivity index is 4.20. The average Bonchev–Trinajstić information content (AvgIpc) is 3.19. The van der Waals surface area contributed by atoms with Crippen LogP contribution in [0.25, 0.3) is 0 Å².